The molecular weight excluding hydrogens is 300 g/mol. The van der Waals surface area contributed by atoms with Gasteiger partial charge in [0.05, 0.1) is 6.04 Å². The Labute approximate surface area is 135 Å². The van der Waals surface area contributed by atoms with Crippen molar-refractivity contribution < 1.29 is 4.74 Å². The molecular formula is C16H21ClN4O. The number of benzene rings is 1. The zero-order valence-electron chi connectivity index (χ0n) is 12.7. The van der Waals surface area contributed by atoms with Crippen LogP contribution >= 0.6 is 11.6 Å². The summed E-state index contributed by atoms with van der Waals surface area (Å²) in [6.45, 7) is 4.42. The van der Waals surface area contributed by atoms with E-state index in [0.29, 0.717) is 11.6 Å². The molecule has 5 nitrogen and oxygen atoms in total. The smallest absolute Gasteiger partial charge is 0.127 e. The number of rotatable bonds is 5. The van der Waals surface area contributed by atoms with Crippen molar-refractivity contribution in [3.05, 3.63) is 47.5 Å². The third kappa shape index (κ3) is 3.61. The fourth-order valence-electron chi connectivity index (χ4n) is 2.80. The van der Waals surface area contributed by atoms with Crippen molar-refractivity contribution in [2.45, 2.75) is 6.04 Å². The standard InChI is InChI=1S/C16H21ClN4O/c1-20-7-6-19-16(20)15-12-18-5-8-21(15)9-10-22-14-4-2-3-13(17)11-14/h2-4,6-7,11,15,18H,5,8-10,12H2,1H3. The Balaban J connectivity index is 1.59. The number of aryl methyl sites for hydroxylation is 1. The van der Waals surface area contributed by atoms with E-state index in [2.05, 4.69) is 19.8 Å². The number of nitrogens with zero attached hydrogens (tertiary/aromatic N) is 3. The molecule has 1 N–H and O–H groups in total. The Bertz CT molecular complexity index is 616. The molecule has 1 aliphatic heterocycles. The number of imidazole rings is 1. The highest BCUT2D eigenvalue weighted by atomic mass is 35.5. The minimum Gasteiger partial charge on any atom is -0.492 e. The summed E-state index contributed by atoms with van der Waals surface area (Å²) in [5.41, 5.74) is 0. The first-order valence-electron chi connectivity index (χ1n) is 7.54. The Hall–Kier alpha value is -1.56. The lowest BCUT2D eigenvalue weighted by molar-refractivity contribution is 0.127. The summed E-state index contributed by atoms with van der Waals surface area (Å²) < 4.78 is 7.90. The molecule has 6 heteroatoms. The van der Waals surface area contributed by atoms with Gasteiger partial charge in [-0.2, -0.15) is 0 Å². The Morgan fingerprint density at radius 2 is 2.36 bits per heavy atom. The number of halogens is 1. The van der Waals surface area contributed by atoms with Gasteiger partial charge in [0, 0.05) is 50.6 Å². The van der Waals surface area contributed by atoms with Gasteiger partial charge in [-0.25, -0.2) is 4.98 Å². The van der Waals surface area contributed by atoms with Crippen LogP contribution < -0.4 is 10.1 Å². The van der Waals surface area contributed by atoms with E-state index in [4.69, 9.17) is 16.3 Å². The van der Waals surface area contributed by atoms with Crippen molar-refractivity contribution in [3.8, 4) is 5.75 Å². The third-order valence-electron chi connectivity index (χ3n) is 3.95. The lowest BCUT2D eigenvalue weighted by Gasteiger charge is -2.35. The average Bonchev–Trinajstić information content (AvgIpc) is 2.94. The molecule has 1 saturated heterocycles. The van der Waals surface area contributed by atoms with E-state index in [-0.39, 0.29) is 6.04 Å². The van der Waals surface area contributed by atoms with Gasteiger partial charge < -0.3 is 14.6 Å². The van der Waals surface area contributed by atoms with Crippen LogP contribution in [0, 0.1) is 0 Å². The number of piperazine rings is 1. The summed E-state index contributed by atoms with van der Waals surface area (Å²) in [7, 11) is 2.04. The van der Waals surface area contributed by atoms with Gasteiger partial charge >= 0.3 is 0 Å². The maximum Gasteiger partial charge on any atom is 0.127 e. The minimum atomic E-state index is 0.289. The molecule has 1 unspecified atom stereocenters. The predicted octanol–water partition coefficient (Wildman–Crippen LogP) is 2.10. The fourth-order valence-corrected chi connectivity index (χ4v) is 2.98. The predicted molar refractivity (Wildman–Crippen MR) is 87.3 cm³/mol. The summed E-state index contributed by atoms with van der Waals surface area (Å²) >= 11 is 5.97. The van der Waals surface area contributed by atoms with Crippen molar-refractivity contribution in [2.24, 2.45) is 7.05 Å². The zero-order chi connectivity index (χ0) is 15.4. The molecule has 0 amide bonds. The molecule has 2 heterocycles. The van der Waals surface area contributed by atoms with Crippen molar-refractivity contribution in [1.29, 1.82) is 0 Å². The van der Waals surface area contributed by atoms with Crippen molar-refractivity contribution in [1.82, 2.24) is 19.8 Å². The van der Waals surface area contributed by atoms with Gasteiger partial charge in [-0.3, -0.25) is 4.90 Å². The SMILES string of the molecule is Cn1ccnc1C1CNCCN1CCOc1cccc(Cl)c1. The van der Waals surface area contributed by atoms with Crippen LogP contribution in [0.1, 0.15) is 11.9 Å². The van der Waals surface area contributed by atoms with E-state index in [1.54, 1.807) is 0 Å². The van der Waals surface area contributed by atoms with Crippen LogP contribution in [0.3, 0.4) is 0 Å². The molecule has 0 saturated carbocycles. The maximum atomic E-state index is 5.97. The minimum absolute atomic E-state index is 0.289. The van der Waals surface area contributed by atoms with Gasteiger partial charge in [-0.15, -0.1) is 0 Å². The molecule has 3 rings (SSSR count). The monoisotopic (exact) mass is 320 g/mol. The largest absolute Gasteiger partial charge is 0.492 e. The van der Waals surface area contributed by atoms with Crippen LogP contribution in [0.25, 0.3) is 0 Å². The first-order valence-corrected chi connectivity index (χ1v) is 7.92. The van der Waals surface area contributed by atoms with E-state index in [9.17, 15) is 0 Å². The summed E-state index contributed by atoms with van der Waals surface area (Å²) in [6, 6.07) is 7.81. The second-order valence-corrected chi connectivity index (χ2v) is 5.89. The first kappa shape index (κ1) is 15.3. The van der Waals surface area contributed by atoms with E-state index >= 15 is 0 Å². The average molecular weight is 321 g/mol. The molecule has 22 heavy (non-hydrogen) atoms. The highest BCUT2D eigenvalue weighted by Crippen LogP contribution is 2.21. The van der Waals surface area contributed by atoms with E-state index in [1.165, 1.54) is 0 Å². The second-order valence-electron chi connectivity index (χ2n) is 5.46. The van der Waals surface area contributed by atoms with Gasteiger partial charge in [0.25, 0.3) is 0 Å². The molecule has 1 aromatic heterocycles. The van der Waals surface area contributed by atoms with Crippen molar-refractivity contribution >= 4 is 11.6 Å². The van der Waals surface area contributed by atoms with Crippen LogP contribution in [0.15, 0.2) is 36.7 Å². The second kappa shape index (κ2) is 7.13. The number of nitrogens with one attached hydrogen (secondary N) is 1. The molecule has 0 bridgehead atoms. The van der Waals surface area contributed by atoms with Crippen molar-refractivity contribution in [3.63, 3.8) is 0 Å². The molecule has 1 aliphatic rings. The molecule has 1 aromatic carbocycles. The lowest BCUT2D eigenvalue weighted by atomic mass is 10.2. The van der Waals surface area contributed by atoms with Gasteiger partial charge in [0.2, 0.25) is 0 Å². The molecule has 0 spiro atoms. The normalized spacial score (nSPS) is 19.3. The Kier molecular flexibility index (Phi) is 4.97. The molecule has 0 radical (unpaired) electrons. The summed E-state index contributed by atoms with van der Waals surface area (Å²) in [6.07, 6.45) is 3.84. The number of ether oxygens (including phenoxy) is 1. The molecule has 1 atom stereocenters. The first-order chi connectivity index (χ1) is 10.7. The van der Waals surface area contributed by atoms with Gasteiger partial charge in [0.15, 0.2) is 0 Å². The number of aromatic nitrogens is 2. The van der Waals surface area contributed by atoms with E-state index in [0.717, 1.165) is 37.8 Å². The third-order valence-corrected chi connectivity index (χ3v) is 4.19. The Morgan fingerprint density at radius 3 is 3.14 bits per heavy atom. The zero-order valence-corrected chi connectivity index (χ0v) is 13.5. The quantitative estimate of drug-likeness (QED) is 0.916. The van der Waals surface area contributed by atoms with Gasteiger partial charge in [-0.1, -0.05) is 17.7 Å². The molecule has 1 fully saturated rings. The van der Waals surface area contributed by atoms with Crippen LogP contribution in [-0.4, -0.2) is 47.2 Å². The molecule has 2 aromatic rings. The van der Waals surface area contributed by atoms with Crippen LogP contribution in [0.5, 0.6) is 5.75 Å². The van der Waals surface area contributed by atoms with Crippen LogP contribution in [0.4, 0.5) is 0 Å². The number of hydrogen-bond acceptors (Lipinski definition) is 4. The van der Waals surface area contributed by atoms with E-state index in [1.807, 2.05) is 43.7 Å². The number of hydrogen-bond donors (Lipinski definition) is 1. The lowest BCUT2D eigenvalue weighted by Crippen LogP contribution is -2.48. The van der Waals surface area contributed by atoms with E-state index < -0.39 is 0 Å². The topological polar surface area (TPSA) is 42.3 Å². The van der Waals surface area contributed by atoms with Gasteiger partial charge in [-0.05, 0) is 18.2 Å². The fraction of sp³-hybridized carbons (Fsp3) is 0.438. The summed E-state index contributed by atoms with van der Waals surface area (Å²) in [5.74, 6) is 1.91. The molecule has 0 aliphatic carbocycles. The van der Waals surface area contributed by atoms with Crippen LogP contribution in [-0.2, 0) is 7.05 Å². The molecule has 118 valence electrons. The Morgan fingerprint density at radius 1 is 1.45 bits per heavy atom. The summed E-state index contributed by atoms with van der Waals surface area (Å²) in [5, 5.41) is 4.14. The highest BCUT2D eigenvalue weighted by molar-refractivity contribution is 6.30. The van der Waals surface area contributed by atoms with Gasteiger partial charge in [0.1, 0.15) is 18.2 Å². The maximum absolute atomic E-state index is 5.97. The summed E-state index contributed by atoms with van der Waals surface area (Å²) in [4.78, 5) is 6.91. The highest BCUT2D eigenvalue weighted by Gasteiger charge is 2.26. The van der Waals surface area contributed by atoms with Crippen molar-refractivity contribution in [2.75, 3.05) is 32.8 Å². The van der Waals surface area contributed by atoms with Crippen LogP contribution in [0.2, 0.25) is 5.02 Å².